The number of nitrogens with one attached hydrogen (secondary N) is 2. The molecular weight excluding hydrogens is 502 g/mol. The van der Waals surface area contributed by atoms with Crippen LogP contribution in [0.25, 0.3) is 16.7 Å². The third kappa shape index (κ3) is 6.10. The fourth-order valence-electron chi connectivity index (χ4n) is 4.75. The normalized spacial score (nSPS) is 15.3. The summed E-state index contributed by atoms with van der Waals surface area (Å²) in [5.74, 6) is 0.666. The maximum atomic E-state index is 11.9. The molecule has 1 atom stereocenters. The number of anilines is 2. The summed E-state index contributed by atoms with van der Waals surface area (Å²) in [7, 11) is 1.28. The molecule has 5 heterocycles. The van der Waals surface area contributed by atoms with Crippen LogP contribution in [-0.4, -0.2) is 86.4 Å². The number of aromatic nitrogens is 6. The molecule has 1 fully saturated rings. The fraction of sp³-hybridized carbons (Fsp3) is 0.500. The van der Waals surface area contributed by atoms with Gasteiger partial charge in [0.1, 0.15) is 11.2 Å². The van der Waals surface area contributed by atoms with Gasteiger partial charge >= 0.3 is 6.09 Å². The van der Waals surface area contributed by atoms with Crippen LogP contribution in [0.2, 0.25) is 0 Å². The largest absolute Gasteiger partial charge is 0.453 e. The van der Waals surface area contributed by atoms with Crippen molar-refractivity contribution in [2.24, 2.45) is 0 Å². The molecule has 4 aromatic rings. The standard InChI is InChI=1S/C26H35N9O4/c1-3-4-9-33(11-12-36)24-22-21(29-25(30-24)31-26(37)38-2)16-34(32-22)15-18-5-6-20(35-10-8-27-23(18)35)14-28-19-7-13-39-17-19/h5-6,8,10,16,19,28,36H,3-4,7,9,11-15,17H2,1-2H3,(H,29,31,37)/t19-/m0/s1. The first-order valence-corrected chi connectivity index (χ1v) is 13.3. The monoisotopic (exact) mass is 537 g/mol. The fourth-order valence-corrected chi connectivity index (χ4v) is 4.75. The minimum Gasteiger partial charge on any atom is -0.453 e. The lowest BCUT2D eigenvalue weighted by Crippen LogP contribution is -2.29. The first-order chi connectivity index (χ1) is 19.1. The van der Waals surface area contributed by atoms with Crippen LogP contribution in [-0.2, 0) is 22.6 Å². The van der Waals surface area contributed by atoms with Crippen LogP contribution < -0.4 is 15.5 Å². The number of hydrogen-bond donors (Lipinski definition) is 3. The van der Waals surface area contributed by atoms with E-state index in [0.717, 1.165) is 55.9 Å². The molecule has 0 bridgehead atoms. The molecule has 0 saturated carbocycles. The third-order valence-electron chi connectivity index (χ3n) is 6.79. The molecule has 208 valence electrons. The van der Waals surface area contributed by atoms with E-state index in [4.69, 9.17) is 14.6 Å². The summed E-state index contributed by atoms with van der Waals surface area (Å²) in [4.78, 5) is 27.5. The van der Waals surface area contributed by atoms with Crippen LogP contribution in [0.1, 0.15) is 37.4 Å². The van der Waals surface area contributed by atoms with Gasteiger partial charge in [0.15, 0.2) is 11.3 Å². The average Bonchev–Trinajstić information content (AvgIpc) is 3.71. The second-order valence-corrected chi connectivity index (χ2v) is 9.52. The SMILES string of the molecule is CCCCN(CCO)c1nc(NC(=O)OC)nc2cn(Cc3ccc(CN[C@H]4CCOC4)n4ccnc34)nc12. The Morgan fingerprint density at radius 1 is 1.31 bits per heavy atom. The van der Waals surface area contributed by atoms with E-state index in [1.165, 1.54) is 7.11 Å². The van der Waals surface area contributed by atoms with E-state index in [0.29, 0.717) is 42.5 Å². The molecule has 1 aliphatic heterocycles. The number of rotatable bonds is 12. The zero-order chi connectivity index (χ0) is 27.2. The van der Waals surface area contributed by atoms with Crippen molar-refractivity contribution in [3.05, 3.63) is 42.0 Å². The number of carbonyl (C=O) groups is 1. The van der Waals surface area contributed by atoms with Gasteiger partial charge in [0.2, 0.25) is 5.95 Å². The van der Waals surface area contributed by atoms with Gasteiger partial charge < -0.3 is 29.2 Å². The zero-order valence-electron chi connectivity index (χ0n) is 22.3. The Morgan fingerprint density at radius 2 is 2.21 bits per heavy atom. The lowest BCUT2D eigenvalue weighted by molar-refractivity contribution is 0.186. The number of unbranched alkanes of at least 4 members (excludes halogenated alkanes) is 1. The molecule has 1 aliphatic rings. The number of hydrogen-bond acceptors (Lipinski definition) is 10. The summed E-state index contributed by atoms with van der Waals surface area (Å²) < 4.78 is 14.1. The second kappa shape index (κ2) is 12.4. The Bertz CT molecular complexity index is 1410. The van der Waals surface area contributed by atoms with E-state index in [9.17, 15) is 9.90 Å². The Kier molecular flexibility index (Phi) is 8.49. The van der Waals surface area contributed by atoms with E-state index < -0.39 is 6.09 Å². The maximum absolute atomic E-state index is 11.9. The molecule has 4 aromatic heterocycles. The molecule has 39 heavy (non-hydrogen) atoms. The van der Waals surface area contributed by atoms with Gasteiger partial charge in [0.25, 0.3) is 0 Å². The molecule has 1 amide bonds. The quantitative estimate of drug-likeness (QED) is 0.246. The van der Waals surface area contributed by atoms with Crippen molar-refractivity contribution in [1.82, 2.24) is 34.4 Å². The molecule has 13 heteroatoms. The predicted octanol–water partition coefficient (Wildman–Crippen LogP) is 2.18. The van der Waals surface area contributed by atoms with Gasteiger partial charge in [0.05, 0.1) is 33.1 Å². The minimum atomic E-state index is -0.660. The summed E-state index contributed by atoms with van der Waals surface area (Å²) in [5, 5.41) is 20.6. The molecule has 3 N–H and O–H groups in total. The Morgan fingerprint density at radius 3 is 2.97 bits per heavy atom. The molecular formula is C26H35N9O4. The smallest absolute Gasteiger partial charge is 0.413 e. The number of aliphatic hydroxyl groups is 1. The van der Waals surface area contributed by atoms with Crippen LogP contribution in [0, 0.1) is 0 Å². The highest BCUT2D eigenvalue weighted by molar-refractivity contribution is 5.89. The lowest BCUT2D eigenvalue weighted by atomic mass is 10.2. The van der Waals surface area contributed by atoms with Crippen LogP contribution >= 0.6 is 0 Å². The van der Waals surface area contributed by atoms with Crippen LogP contribution in [0.15, 0.2) is 30.7 Å². The highest BCUT2D eigenvalue weighted by atomic mass is 16.5. The van der Waals surface area contributed by atoms with Crippen molar-refractivity contribution in [2.45, 2.75) is 45.3 Å². The summed E-state index contributed by atoms with van der Waals surface area (Å²) >= 11 is 0. The number of ether oxygens (including phenoxy) is 2. The highest BCUT2D eigenvalue weighted by Gasteiger charge is 2.20. The van der Waals surface area contributed by atoms with Crippen molar-refractivity contribution in [2.75, 3.05) is 50.2 Å². The van der Waals surface area contributed by atoms with Gasteiger partial charge in [-0.25, -0.2) is 14.8 Å². The first-order valence-electron chi connectivity index (χ1n) is 13.3. The molecule has 0 radical (unpaired) electrons. The molecule has 0 aliphatic carbocycles. The van der Waals surface area contributed by atoms with E-state index in [2.05, 4.69) is 49.0 Å². The molecule has 13 nitrogen and oxygen atoms in total. The summed E-state index contributed by atoms with van der Waals surface area (Å²) in [6.45, 7) is 5.87. The van der Waals surface area contributed by atoms with Crippen molar-refractivity contribution in [1.29, 1.82) is 0 Å². The topological polar surface area (TPSA) is 144 Å². The average molecular weight is 538 g/mol. The zero-order valence-corrected chi connectivity index (χ0v) is 22.3. The highest BCUT2D eigenvalue weighted by Crippen LogP contribution is 2.25. The van der Waals surface area contributed by atoms with Crippen LogP contribution in [0.5, 0.6) is 0 Å². The molecule has 0 spiro atoms. The lowest BCUT2D eigenvalue weighted by Gasteiger charge is -2.23. The van der Waals surface area contributed by atoms with Gasteiger partial charge in [-0.3, -0.25) is 10.00 Å². The number of nitrogens with zero attached hydrogens (tertiary/aromatic N) is 7. The Balaban J connectivity index is 1.45. The summed E-state index contributed by atoms with van der Waals surface area (Å²) in [5.41, 5.74) is 4.15. The first kappa shape index (κ1) is 26.8. The van der Waals surface area contributed by atoms with Crippen molar-refractivity contribution >= 4 is 34.5 Å². The molecule has 1 saturated heterocycles. The summed E-state index contributed by atoms with van der Waals surface area (Å²) in [6, 6.07) is 4.55. The van der Waals surface area contributed by atoms with Crippen LogP contribution in [0.3, 0.4) is 0 Å². The van der Waals surface area contributed by atoms with Crippen molar-refractivity contribution in [3.8, 4) is 0 Å². The van der Waals surface area contributed by atoms with Crippen molar-refractivity contribution in [3.63, 3.8) is 0 Å². The molecule has 0 aromatic carbocycles. The third-order valence-corrected chi connectivity index (χ3v) is 6.79. The van der Waals surface area contributed by atoms with E-state index in [1.807, 2.05) is 17.3 Å². The van der Waals surface area contributed by atoms with E-state index in [-0.39, 0.29) is 12.6 Å². The molecule has 0 unspecified atom stereocenters. The van der Waals surface area contributed by atoms with E-state index in [1.54, 1.807) is 10.9 Å². The van der Waals surface area contributed by atoms with Gasteiger partial charge in [-0.05, 0) is 18.9 Å². The maximum Gasteiger partial charge on any atom is 0.413 e. The van der Waals surface area contributed by atoms with E-state index >= 15 is 0 Å². The van der Waals surface area contributed by atoms with Gasteiger partial charge in [-0.1, -0.05) is 19.4 Å². The second-order valence-electron chi connectivity index (χ2n) is 9.52. The Labute approximate surface area is 226 Å². The van der Waals surface area contributed by atoms with Gasteiger partial charge in [-0.15, -0.1) is 0 Å². The van der Waals surface area contributed by atoms with Gasteiger partial charge in [-0.2, -0.15) is 10.1 Å². The number of amides is 1. The minimum absolute atomic E-state index is 0.0392. The van der Waals surface area contributed by atoms with Gasteiger partial charge in [0, 0.05) is 55.9 Å². The number of fused-ring (bicyclic) bond motifs is 2. The predicted molar refractivity (Wildman–Crippen MR) is 146 cm³/mol. The number of aliphatic hydroxyl groups excluding tert-OH is 1. The summed E-state index contributed by atoms with van der Waals surface area (Å²) in [6.07, 6.45) is 7.86. The molecule has 5 rings (SSSR count). The number of carbonyl (C=O) groups excluding carboxylic acids is 1. The Hall–Kier alpha value is -3.81. The number of imidazole rings is 1. The van der Waals surface area contributed by atoms with Crippen molar-refractivity contribution < 1.29 is 19.4 Å². The number of pyridine rings is 1. The number of methoxy groups -OCH3 is 1. The van der Waals surface area contributed by atoms with Crippen LogP contribution in [0.4, 0.5) is 16.6 Å².